The quantitative estimate of drug-likeness (QED) is 0.516. The second-order valence-corrected chi connectivity index (χ2v) is 4.39. The molecule has 0 bridgehead atoms. The van der Waals surface area contributed by atoms with E-state index in [1.807, 2.05) is 0 Å². The molecule has 104 valence electrons. The van der Waals surface area contributed by atoms with Gasteiger partial charge in [0.2, 0.25) is 0 Å². The van der Waals surface area contributed by atoms with Gasteiger partial charge in [0.25, 0.3) is 0 Å². The highest BCUT2D eigenvalue weighted by Gasteiger charge is 2.20. The molecule has 20 heavy (non-hydrogen) atoms. The Morgan fingerprint density at radius 3 is 2.35 bits per heavy atom. The number of allylic oxidation sites excluding steroid dienone is 1. The first-order chi connectivity index (χ1) is 9.53. The van der Waals surface area contributed by atoms with E-state index in [-0.39, 0.29) is 11.5 Å². The monoisotopic (exact) mass is 273 g/mol. The summed E-state index contributed by atoms with van der Waals surface area (Å²) >= 11 is 0. The van der Waals surface area contributed by atoms with Gasteiger partial charge in [-0.25, -0.2) is 0 Å². The van der Waals surface area contributed by atoms with Crippen LogP contribution in [0.5, 0.6) is 11.5 Å². The maximum Gasteiger partial charge on any atom is 0.191 e. The summed E-state index contributed by atoms with van der Waals surface area (Å²) in [6.07, 6.45) is 0.620. The van der Waals surface area contributed by atoms with E-state index in [9.17, 15) is 9.59 Å². The van der Waals surface area contributed by atoms with Gasteiger partial charge < -0.3 is 14.5 Å². The Kier molecular flexibility index (Phi) is 3.61. The zero-order valence-electron chi connectivity index (χ0n) is 11.6. The van der Waals surface area contributed by atoms with Gasteiger partial charge in [-0.15, -0.1) is 0 Å². The van der Waals surface area contributed by atoms with Gasteiger partial charge in [-0.1, -0.05) is 6.58 Å². The van der Waals surface area contributed by atoms with Gasteiger partial charge in [0.15, 0.2) is 23.6 Å². The van der Waals surface area contributed by atoms with Gasteiger partial charge >= 0.3 is 0 Å². The van der Waals surface area contributed by atoms with E-state index in [1.54, 1.807) is 19.1 Å². The molecule has 0 aliphatic heterocycles. The van der Waals surface area contributed by atoms with Gasteiger partial charge in [0, 0.05) is 11.5 Å². The summed E-state index contributed by atoms with van der Waals surface area (Å²) in [4.78, 5) is 26.3. The third kappa shape index (κ3) is 2.07. The third-order valence-electron chi connectivity index (χ3n) is 3.06. The predicted molar refractivity (Wildman–Crippen MR) is 75.9 cm³/mol. The molecule has 0 saturated carbocycles. The highest BCUT2D eigenvalue weighted by atomic mass is 16.5. The molecule has 2 rings (SSSR count). The van der Waals surface area contributed by atoms with Crippen LogP contribution in [-0.2, 0) is 0 Å². The Labute approximate surface area is 116 Å². The van der Waals surface area contributed by atoms with E-state index < -0.39 is 0 Å². The first kappa shape index (κ1) is 13.9. The Balaban J connectivity index is 2.81. The van der Waals surface area contributed by atoms with Crippen molar-refractivity contribution in [3.05, 3.63) is 35.5 Å². The summed E-state index contributed by atoms with van der Waals surface area (Å²) in [5.41, 5.74) is 1.53. The van der Waals surface area contributed by atoms with E-state index in [1.165, 1.54) is 14.2 Å². The molecule has 0 radical (unpaired) electrons. The normalized spacial score (nSPS) is 10.3. The zero-order valence-corrected chi connectivity index (χ0v) is 11.6. The van der Waals surface area contributed by atoms with Gasteiger partial charge in [-0.05, 0) is 18.6 Å². The van der Waals surface area contributed by atoms with Gasteiger partial charge in [0.05, 0.1) is 31.0 Å². The Morgan fingerprint density at radius 2 is 1.85 bits per heavy atom. The molecule has 0 unspecified atom stereocenters. The van der Waals surface area contributed by atoms with E-state index in [4.69, 9.17) is 9.47 Å². The fraction of sp³-hybridized carbons (Fsp3) is 0.200. The van der Waals surface area contributed by atoms with Crippen LogP contribution in [0.25, 0.3) is 10.9 Å². The number of nitrogens with one attached hydrogen (secondary N) is 1. The number of rotatable bonds is 5. The molecule has 1 N–H and O–H groups in total. The molecule has 5 heteroatoms. The molecule has 5 nitrogen and oxygen atoms in total. The summed E-state index contributed by atoms with van der Waals surface area (Å²) in [7, 11) is 3.03. The van der Waals surface area contributed by atoms with E-state index in [0.717, 1.165) is 0 Å². The van der Waals surface area contributed by atoms with Crippen molar-refractivity contribution in [3.8, 4) is 11.5 Å². The number of carbonyl (C=O) groups excluding carboxylic acids is 2. The molecule has 0 fully saturated rings. The number of ether oxygens (including phenoxy) is 2. The smallest absolute Gasteiger partial charge is 0.191 e. The molecule has 0 aliphatic carbocycles. The molecule has 1 aromatic carbocycles. The van der Waals surface area contributed by atoms with Crippen molar-refractivity contribution in [1.29, 1.82) is 0 Å². The summed E-state index contributed by atoms with van der Waals surface area (Å²) < 4.78 is 10.4. The number of aldehydes is 1. The average Bonchev–Trinajstić information content (AvgIpc) is 2.81. The minimum atomic E-state index is -0.273. The molecular weight excluding hydrogens is 258 g/mol. The SMILES string of the molecule is C=C(C)C(=O)c1c(C=O)[nH]c2cc(OC)c(OC)cc12. The fourth-order valence-electron chi connectivity index (χ4n) is 2.09. The molecule has 1 aromatic heterocycles. The van der Waals surface area contributed by atoms with Crippen molar-refractivity contribution in [2.75, 3.05) is 14.2 Å². The summed E-state index contributed by atoms with van der Waals surface area (Å²) in [6, 6.07) is 3.37. The van der Waals surface area contributed by atoms with Crippen LogP contribution in [0, 0.1) is 0 Å². The lowest BCUT2D eigenvalue weighted by Gasteiger charge is -2.07. The first-order valence-electron chi connectivity index (χ1n) is 5.96. The van der Waals surface area contributed by atoms with Crippen LogP contribution in [0.15, 0.2) is 24.3 Å². The lowest BCUT2D eigenvalue weighted by Crippen LogP contribution is -2.02. The van der Waals surface area contributed by atoms with Crippen LogP contribution in [0.1, 0.15) is 27.8 Å². The van der Waals surface area contributed by atoms with Crippen LogP contribution in [0.2, 0.25) is 0 Å². The second-order valence-electron chi connectivity index (χ2n) is 4.39. The molecule has 0 amide bonds. The summed E-state index contributed by atoms with van der Waals surface area (Å²) in [6.45, 7) is 5.24. The van der Waals surface area contributed by atoms with Crippen LogP contribution in [0.4, 0.5) is 0 Å². The van der Waals surface area contributed by atoms with Gasteiger partial charge in [-0.2, -0.15) is 0 Å². The Morgan fingerprint density at radius 1 is 1.25 bits per heavy atom. The number of methoxy groups -OCH3 is 2. The number of carbonyl (C=O) groups is 2. The highest BCUT2D eigenvalue weighted by Crippen LogP contribution is 2.35. The number of H-pyrrole nitrogens is 1. The maximum atomic E-state index is 12.2. The van der Waals surface area contributed by atoms with Crippen molar-refractivity contribution >= 4 is 23.0 Å². The Bertz CT molecular complexity index is 712. The maximum absolute atomic E-state index is 12.2. The number of benzene rings is 1. The number of Topliss-reactive ketones (excluding diaryl/α,β-unsaturated/α-hetero) is 1. The standard InChI is InChI=1S/C15H15NO4/c1-8(2)15(18)14-9-5-12(19-3)13(20-4)6-10(9)16-11(14)7-17/h5-7,16H,1H2,2-4H3. The minimum absolute atomic E-state index is 0.225. The van der Waals surface area contributed by atoms with Crippen LogP contribution >= 0.6 is 0 Å². The minimum Gasteiger partial charge on any atom is -0.493 e. The summed E-state index contributed by atoms with van der Waals surface area (Å²) in [5.74, 6) is 0.741. The van der Waals surface area contributed by atoms with E-state index in [2.05, 4.69) is 11.6 Å². The van der Waals surface area contributed by atoms with E-state index >= 15 is 0 Å². The topological polar surface area (TPSA) is 68.4 Å². The van der Waals surface area contributed by atoms with Gasteiger partial charge in [-0.3, -0.25) is 9.59 Å². The third-order valence-corrected chi connectivity index (χ3v) is 3.06. The number of aromatic nitrogens is 1. The Hall–Kier alpha value is -2.56. The first-order valence-corrected chi connectivity index (χ1v) is 5.96. The van der Waals surface area contributed by atoms with E-state index in [0.29, 0.717) is 39.8 Å². The van der Waals surface area contributed by atoms with Crippen molar-refractivity contribution in [2.24, 2.45) is 0 Å². The second kappa shape index (κ2) is 5.21. The molecule has 1 heterocycles. The molecule has 0 saturated heterocycles. The highest BCUT2D eigenvalue weighted by molar-refractivity contribution is 6.19. The zero-order chi connectivity index (χ0) is 14.9. The van der Waals surface area contributed by atoms with Gasteiger partial charge in [0.1, 0.15) is 0 Å². The number of aromatic amines is 1. The average molecular weight is 273 g/mol. The van der Waals surface area contributed by atoms with Crippen molar-refractivity contribution in [2.45, 2.75) is 6.92 Å². The van der Waals surface area contributed by atoms with Crippen LogP contribution in [-0.4, -0.2) is 31.3 Å². The number of ketones is 1. The predicted octanol–water partition coefficient (Wildman–Crippen LogP) is 2.76. The van der Waals surface area contributed by atoms with Crippen molar-refractivity contribution in [1.82, 2.24) is 4.98 Å². The molecule has 0 spiro atoms. The summed E-state index contributed by atoms with van der Waals surface area (Å²) in [5, 5.41) is 0.609. The fourth-order valence-corrected chi connectivity index (χ4v) is 2.09. The van der Waals surface area contributed by atoms with Crippen LogP contribution in [0.3, 0.4) is 0 Å². The van der Waals surface area contributed by atoms with Crippen molar-refractivity contribution < 1.29 is 19.1 Å². The molecule has 0 aliphatic rings. The van der Waals surface area contributed by atoms with Crippen molar-refractivity contribution in [3.63, 3.8) is 0 Å². The molecule has 2 aromatic rings. The lowest BCUT2D eigenvalue weighted by molar-refractivity contribution is 0.102. The lowest BCUT2D eigenvalue weighted by atomic mass is 10.0. The number of fused-ring (bicyclic) bond motifs is 1. The molecular formula is C15H15NO4. The number of hydrogen-bond acceptors (Lipinski definition) is 4. The molecule has 0 atom stereocenters. The number of hydrogen-bond donors (Lipinski definition) is 1. The van der Waals surface area contributed by atoms with Crippen LogP contribution < -0.4 is 9.47 Å². The largest absolute Gasteiger partial charge is 0.493 e.